The number of halogens is 2. The highest BCUT2D eigenvalue weighted by Gasteiger charge is 2.30. The Hall–Kier alpha value is -6.46. The van der Waals surface area contributed by atoms with E-state index in [9.17, 15) is 4.79 Å². The molecule has 0 aliphatic carbocycles. The van der Waals surface area contributed by atoms with Crippen molar-refractivity contribution in [3.63, 3.8) is 0 Å². The van der Waals surface area contributed by atoms with Crippen molar-refractivity contribution in [1.82, 2.24) is 4.48 Å². The third kappa shape index (κ3) is 8.63. The molecule has 1 aliphatic rings. The normalized spacial score (nSPS) is 12.9. The van der Waals surface area contributed by atoms with Gasteiger partial charge in [0.2, 0.25) is 0 Å². The maximum Gasteiger partial charge on any atom is 0.679 e. The van der Waals surface area contributed by atoms with Crippen molar-refractivity contribution in [2.24, 2.45) is 15.1 Å². The Morgan fingerprint density at radius 3 is 2.04 bits per heavy atom. The van der Waals surface area contributed by atoms with Crippen LogP contribution in [0.1, 0.15) is 30.4 Å². The Balaban J connectivity index is 1.40. The van der Waals surface area contributed by atoms with Gasteiger partial charge in [-0.1, -0.05) is 77.9 Å². The SMILES string of the molecule is [N-]=[N+]=NCCCCOc1ccc(-c2cc(-c3ccccc3)c(N=C3N=C(c4ccccc4)C=C3c3ccc(OCCC(=O)O)cc3)n2B(F)F)cc1. The summed E-state index contributed by atoms with van der Waals surface area (Å²) in [5, 5.41) is 12.5. The van der Waals surface area contributed by atoms with Crippen molar-refractivity contribution in [2.75, 3.05) is 19.8 Å². The Kier molecular flexibility index (Phi) is 11.5. The number of benzene rings is 4. The predicted molar refractivity (Wildman–Crippen MR) is 200 cm³/mol. The van der Waals surface area contributed by atoms with Gasteiger partial charge in [0.05, 0.1) is 25.3 Å². The molecule has 0 bridgehead atoms. The zero-order valence-electron chi connectivity index (χ0n) is 28.0. The largest absolute Gasteiger partial charge is 0.679 e. The Morgan fingerprint density at radius 1 is 0.808 bits per heavy atom. The first-order chi connectivity index (χ1) is 25.4. The second kappa shape index (κ2) is 17.0. The average Bonchev–Trinajstić information content (AvgIpc) is 3.77. The third-order valence-corrected chi connectivity index (χ3v) is 8.20. The van der Waals surface area contributed by atoms with E-state index in [-0.39, 0.29) is 30.4 Å². The molecule has 260 valence electrons. The number of carboxylic acid groups (broad SMARTS) is 1. The molecule has 0 radical (unpaired) electrons. The molecule has 5 aromatic rings. The second-order valence-corrected chi connectivity index (χ2v) is 11.7. The number of ether oxygens (including phenoxy) is 2. The molecular formula is C39H33BF2N6O4. The van der Waals surface area contributed by atoms with Crippen LogP contribution in [-0.2, 0) is 4.79 Å². The van der Waals surface area contributed by atoms with E-state index in [0.717, 1.165) is 15.6 Å². The van der Waals surface area contributed by atoms with Crippen molar-refractivity contribution in [2.45, 2.75) is 19.3 Å². The summed E-state index contributed by atoms with van der Waals surface area (Å²) in [7, 11) is -2.94. The number of allylic oxidation sites excluding steroid dienone is 1. The maximum atomic E-state index is 15.2. The molecule has 0 amide bonds. The quantitative estimate of drug-likeness (QED) is 0.0361. The number of rotatable bonds is 16. The fraction of sp³-hybridized carbons (Fsp3) is 0.154. The van der Waals surface area contributed by atoms with Crippen LogP contribution in [-0.4, -0.2) is 54.3 Å². The molecular weight excluding hydrogens is 665 g/mol. The van der Waals surface area contributed by atoms with Gasteiger partial charge in [-0.15, -0.1) is 0 Å². The van der Waals surface area contributed by atoms with Crippen LogP contribution in [0.25, 0.3) is 38.4 Å². The molecule has 0 saturated heterocycles. The molecule has 0 saturated carbocycles. The lowest BCUT2D eigenvalue weighted by atomic mass is 10.0. The van der Waals surface area contributed by atoms with Gasteiger partial charge in [-0.05, 0) is 83.6 Å². The van der Waals surface area contributed by atoms with E-state index in [0.29, 0.717) is 65.5 Å². The third-order valence-electron chi connectivity index (χ3n) is 8.20. The topological polar surface area (TPSA) is 134 Å². The molecule has 0 unspecified atom stereocenters. The summed E-state index contributed by atoms with van der Waals surface area (Å²) >= 11 is 0. The highest BCUT2D eigenvalue weighted by Crippen LogP contribution is 2.41. The van der Waals surface area contributed by atoms with Gasteiger partial charge in [0, 0.05) is 33.9 Å². The molecule has 13 heteroatoms. The Morgan fingerprint density at radius 2 is 1.42 bits per heavy atom. The molecule has 1 aliphatic heterocycles. The van der Waals surface area contributed by atoms with Gasteiger partial charge in [-0.3, -0.25) is 13.4 Å². The van der Waals surface area contributed by atoms with E-state index < -0.39 is 13.4 Å². The highest BCUT2D eigenvalue weighted by molar-refractivity contribution is 6.43. The summed E-state index contributed by atoms with van der Waals surface area (Å²) in [6.07, 6.45) is 3.14. The Labute approximate surface area is 299 Å². The van der Waals surface area contributed by atoms with E-state index in [1.54, 1.807) is 54.6 Å². The van der Waals surface area contributed by atoms with Crippen LogP contribution in [0.3, 0.4) is 0 Å². The van der Waals surface area contributed by atoms with E-state index in [1.807, 2.05) is 66.7 Å². The molecule has 1 aromatic heterocycles. The minimum Gasteiger partial charge on any atom is -0.494 e. The first kappa shape index (κ1) is 35.4. The fourth-order valence-electron chi connectivity index (χ4n) is 5.67. The van der Waals surface area contributed by atoms with Crippen molar-refractivity contribution >= 4 is 36.3 Å². The zero-order valence-corrected chi connectivity index (χ0v) is 28.0. The number of carboxylic acids is 1. The van der Waals surface area contributed by atoms with Crippen LogP contribution in [0.5, 0.6) is 11.5 Å². The lowest BCUT2D eigenvalue weighted by Gasteiger charge is -2.11. The maximum absolute atomic E-state index is 15.2. The van der Waals surface area contributed by atoms with Gasteiger partial charge >= 0.3 is 13.4 Å². The predicted octanol–water partition coefficient (Wildman–Crippen LogP) is 9.53. The molecule has 0 spiro atoms. The molecule has 52 heavy (non-hydrogen) atoms. The number of nitrogens with zero attached hydrogens (tertiary/aromatic N) is 6. The minimum atomic E-state index is -2.94. The molecule has 2 heterocycles. The molecule has 0 atom stereocenters. The van der Waals surface area contributed by atoms with Crippen LogP contribution >= 0.6 is 0 Å². The fourth-order valence-corrected chi connectivity index (χ4v) is 5.67. The first-order valence-electron chi connectivity index (χ1n) is 16.6. The number of amidine groups is 1. The molecule has 1 N–H and O–H groups in total. The highest BCUT2D eigenvalue weighted by atomic mass is 19.2. The summed E-state index contributed by atoms with van der Waals surface area (Å²) in [5.74, 6) is 0.433. The van der Waals surface area contributed by atoms with Crippen LogP contribution in [0.15, 0.2) is 136 Å². The summed E-state index contributed by atoms with van der Waals surface area (Å²) in [6.45, 7) is 0.846. The van der Waals surface area contributed by atoms with Gasteiger partial charge in [0.15, 0.2) is 5.84 Å². The summed E-state index contributed by atoms with van der Waals surface area (Å²) in [6, 6.07) is 34.5. The number of aromatic nitrogens is 1. The van der Waals surface area contributed by atoms with E-state index in [2.05, 4.69) is 10.0 Å². The van der Waals surface area contributed by atoms with E-state index in [4.69, 9.17) is 30.1 Å². The number of aliphatic imine (C=N–C) groups is 2. The summed E-state index contributed by atoms with van der Waals surface area (Å²) in [4.78, 5) is 23.4. The lowest BCUT2D eigenvalue weighted by Crippen LogP contribution is -2.14. The molecule has 4 aromatic carbocycles. The number of hydrogen-bond donors (Lipinski definition) is 1. The Bertz CT molecular complexity index is 2150. The number of carbonyl (C=O) groups is 1. The van der Waals surface area contributed by atoms with Crippen molar-refractivity contribution in [3.05, 3.63) is 143 Å². The zero-order chi connectivity index (χ0) is 36.3. The van der Waals surface area contributed by atoms with Gasteiger partial charge in [-0.2, -0.15) is 0 Å². The van der Waals surface area contributed by atoms with Crippen molar-refractivity contribution in [1.29, 1.82) is 0 Å². The number of azide groups is 1. The van der Waals surface area contributed by atoms with Crippen LogP contribution in [0, 0.1) is 0 Å². The summed E-state index contributed by atoms with van der Waals surface area (Å²) < 4.78 is 42.8. The molecule has 10 nitrogen and oxygen atoms in total. The van der Waals surface area contributed by atoms with Crippen LogP contribution in [0.4, 0.5) is 14.4 Å². The van der Waals surface area contributed by atoms with Crippen LogP contribution in [0.2, 0.25) is 0 Å². The van der Waals surface area contributed by atoms with E-state index >= 15 is 8.63 Å². The van der Waals surface area contributed by atoms with Gasteiger partial charge in [-0.25, -0.2) is 9.98 Å². The molecule has 6 rings (SSSR count). The monoisotopic (exact) mass is 698 g/mol. The number of unbranched alkanes of at least 4 members (excludes halogenated alkanes) is 1. The smallest absolute Gasteiger partial charge is 0.494 e. The van der Waals surface area contributed by atoms with E-state index in [1.165, 1.54) is 0 Å². The standard InChI is InChI=1S/C39H33BF2N6O4/c41-40(42)48-36(30-15-19-31(20-16-30)51-23-8-7-22-44-47-43)26-34(27-9-3-1-4-10-27)39(48)46-38-33(25-35(45-38)29-11-5-2-6-12-29)28-13-17-32(18-14-28)52-24-21-37(49)50/h1-6,9-20,25-26H,7-8,21-24H2,(H,49,50). The first-order valence-corrected chi connectivity index (χ1v) is 16.6. The number of aliphatic carboxylic acids is 1. The molecule has 0 fully saturated rings. The van der Waals surface area contributed by atoms with Crippen molar-refractivity contribution < 1.29 is 28.0 Å². The van der Waals surface area contributed by atoms with Crippen molar-refractivity contribution in [3.8, 4) is 33.9 Å². The van der Waals surface area contributed by atoms with Gasteiger partial charge in [0.25, 0.3) is 0 Å². The number of hydrogen-bond acceptors (Lipinski definition) is 5. The minimum absolute atomic E-state index is 0.0243. The summed E-state index contributed by atoms with van der Waals surface area (Å²) in [5.41, 5.74) is 13.3. The lowest BCUT2D eigenvalue weighted by molar-refractivity contribution is -0.137. The van der Waals surface area contributed by atoms with Gasteiger partial charge in [0.1, 0.15) is 17.3 Å². The second-order valence-electron chi connectivity index (χ2n) is 11.7. The van der Waals surface area contributed by atoms with Crippen LogP contribution < -0.4 is 9.47 Å². The average molecular weight is 699 g/mol. The van der Waals surface area contributed by atoms with Gasteiger partial charge < -0.3 is 19.1 Å².